The van der Waals surface area contributed by atoms with Gasteiger partial charge >= 0.3 is 5.97 Å². The van der Waals surface area contributed by atoms with Gasteiger partial charge in [-0.15, -0.1) is 0 Å². The smallest absolute Gasteiger partial charge is 0.336 e. The summed E-state index contributed by atoms with van der Waals surface area (Å²) in [4.78, 5) is 30.1. The number of esters is 1. The van der Waals surface area contributed by atoms with E-state index in [4.69, 9.17) is 17.0 Å². The summed E-state index contributed by atoms with van der Waals surface area (Å²) >= 11 is 4.98. The highest BCUT2D eigenvalue weighted by atomic mass is 32.1. The van der Waals surface area contributed by atoms with Gasteiger partial charge in [-0.25, -0.2) is 9.18 Å². The van der Waals surface area contributed by atoms with Crippen molar-refractivity contribution < 1.29 is 13.9 Å². The van der Waals surface area contributed by atoms with Gasteiger partial charge in [-0.3, -0.25) is 9.78 Å². The number of allylic oxidation sites excluding steroid dienone is 1. The van der Waals surface area contributed by atoms with Gasteiger partial charge in [-0.2, -0.15) is 0 Å². The molecule has 0 amide bonds. The molecule has 6 nitrogen and oxygen atoms in total. The number of ether oxygens (including phenoxy) is 1. The van der Waals surface area contributed by atoms with Gasteiger partial charge in [0.05, 0.1) is 24.2 Å². The number of H-pyrrole nitrogens is 2. The van der Waals surface area contributed by atoms with Crippen LogP contribution < -0.4 is 10.9 Å². The van der Waals surface area contributed by atoms with E-state index >= 15 is 0 Å². The van der Waals surface area contributed by atoms with Gasteiger partial charge in [-0.1, -0.05) is 12.1 Å². The number of aromatic nitrogens is 2. The lowest BCUT2D eigenvalue weighted by Gasteiger charge is -2.28. The van der Waals surface area contributed by atoms with Gasteiger partial charge in [0, 0.05) is 5.70 Å². The van der Waals surface area contributed by atoms with Crippen LogP contribution in [0, 0.1) is 10.6 Å². The van der Waals surface area contributed by atoms with E-state index in [1.165, 1.54) is 25.3 Å². The Hall–Kier alpha value is -2.74. The number of halogens is 1. The number of benzene rings is 1. The fourth-order valence-corrected chi connectivity index (χ4v) is 3.08. The van der Waals surface area contributed by atoms with Crippen molar-refractivity contribution in [2.75, 3.05) is 12.4 Å². The van der Waals surface area contributed by atoms with Crippen LogP contribution >= 0.6 is 12.2 Å². The van der Waals surface area contributed by atoms with Crippen molar-refractivity contribution >= 4 is 24.0 Å². The average Bonchev–Trinajstić information content (AvgIpc) is 2.52. The first-order valence-electron chi connectivity index (χ1n) is 7.10. The van der Waals surface area contributed by atoms with E-state index in [-0.39, 0.29) is 15.9 Å². The maximum atomic E-state index is 13.7. The molecule has 0 radical (unpaired) electrons. The molecule has 124 valence electrons. The summed E-state index contributed by atoms with van der Waals surface area (Å²) in [5, 5.41) is 2.96. The Morgan fingerprint density at radius 3 is 2.75 bits per heavy atom. The molecule has 0 aliphatic carbocycles. The standard InChI is InChI=1S/C16H14FN3O3S/c1-7-10(15(22)23-2)11(8-4-3-5-9(17)6-8)12-13(18-7)19-16(24)20-14(12)21/h3-6,11H,1-2H3,(H3,18,19,20,21,24). The summed E-state index contributed by atoms with van der Waals surface area (Å²) in [6, 6.07) is 5.76. The minimum atomic E-state index is -0.778. The maximum Gasteiger partial charge on any atom is 0.336 e. The molecule has 1 aromatic carbocycles. The van der Waals surface area contributed by atoms with Crippen molar-refractivity contribution in [1.29, 1.82) is 0 Å². The van der Waals surface area contributed by atoms with E-state index in [0.717, 1.165) is 0 Å². The van der Waals surface area contributed by atoms with Crippen LogP contribution in [-0.2, 0) is 9.53 Å². The number of methoxy groups -OCH3 is 1. The van der Waals surface area contributed by atoms with Crippen molar-refractivity contribution in [3.8, 4) is 0 Å². The van der Waals surface area contributed by atoms with Gasteiger partial charge < -0.3 is 15.0 Å². The molecule has 24 heavy (non-hydrogen) atoms. The third-order valence-electron chi connectivity index (χ3n) is 3.86. The number of hydrogen-bond donors (Lipinski definition) is 3. The molecule has 0 saturated heterocycles. The summed E-state index contributed by atoms with van der Waals surface area (Å²) in [5.74, 6) is -1.46. The van der Waals surface area contributed by atoms with Crippen LogP contribution in [0.5, 0.6) is 0 Å². The van der Waals surface area contributed by atoms with Crippen LogP contribution in [0.3, 0.4) is 0 Å². The SMILES string of the molecule is COC(=O)C1=C(C)Nc2[nH]c(=S)[nH]c(=O)c2C1c1cccc(F)c1. The maximum absolute atomic E-state index is 13.7. The van der Waals surface area contributed by atoms with Gasteiger partial charge in [0.2, 0.25) is 0 Å². The fourth-order valence-electron chi connectivity index (χ4n) is 2.89. The number of hydrogen-bond acceptors (Lipinski definition) is 5. The zero-order valence-corrected chi connectivity index (χ0v) is 13.7. The molecule has 2 heterocycles. The second-order valence-corrected chi connectivity index (χ2v) is 5.75. The summed E-state index contributed by atoms with van der Waals surface area (Å²) in [6.45, 7) is 1.68. The van der Waals surface area contributed by atoms with Crippen LogP contribution in [0.2, 0.25) is 0 Å². The number of carbonyl (C=O) groups is 1. The van der Waals surface area contributed by atoms with Crippen LogP contribution in [0.1, 0.15) is 24.0 Å². The van der Waals surface area contributed by atoms with Crippen molar-refractivity contribution in [3.05, 3.63) is 67.6 Å². The zero-order valence-electron chi connectivity index (χ0n) is 12.9. The van der Waals surface area contributed by atoms with E-state index in [2.05, 4.69) is 15.3 Å². The zero-order chi connectivity index (χ0) is 17.4. The third kappa shape index (κ3) is 2.65. The monoisotopic (exact) mass is 347 g/mol. The Bertz CT molecular complexity index is 977. The van der Waals surface area contributed by atoms with Gasteiger partial charge in [-0.05, 0) is 36.8 Å². The Balaban J connectivity index is 2.34. The molecular weight excluding hydrogens is 333 g/mol. The number of carbonyl (C=O) groups excluding carboxylic acids is 1. The van der Waals surface area contributed by atoms with Gasteiger partial charge in [0.25, 0.3) is 5.56 Å². The highest BCUT2D eigenvalue weighted by Crippen LogP contribution is 2.39. The Kier molecular flexibility index (Phi) is 4.06. The molecule has 1 aliphatic heterocycles. The number of rotatable bonds is 2. The molecule has 1 unspecified atom stereocenters. The Morgan fingerprint density at radius 2 is 2.08 bits per heavy atom. The lowest BCUT2D eigenvalue weighted by molar-refractivity contribution is -0.136. The molecule has 8 heteroatoms. The van der Waals surface area contributed by atoms with Gasteiger partial charge in [0.1, 0.15) is 11.6 Å². The highest BCUT2D eigenvalue weighted by molar-refractivity contribution is 7.71. The summed E-state index contributed by atoms with van der Waals surface area (Å²) < 4.78 is 18.7. The highest BCUT2D eigenvalue weighted by Gasteiger charge is 2.35. The lowest BCUT2D eigenvalue weighted by atomic mass is 9.82. The lowest BCUT2D eigenvalue weighted by Crippen LogP contribution is -2.30. The van der Waals surface area contributed by atoms with Crippen LogP contribution in [0.25, 0.3) is 0 Å². The molecule has 3 rings (SSSR count). The predicted molar refractivity (Wildman–Crippen MR) is 88.8 cm³/mol. The number of aromatic amines is 2. The summed E-state index contributed by atoms with van der Waals surface area (Å²) in [5.41, 5.74) is 1.00. The van der Waals surface area contributed by atoms with Crippen LogP contribution in [0.15, 0.2) is 40.3 Å². The Labute approximate surface area is 141 Å². The summed E-state index contributed by atoms with van der Waals surface area (Å²) in [6.07, 6.45) is 0. The molecule has 2 aromatic rings. The molecule has 0 bridgehead atoms. The topological polar surface area (TPSA) is 87.0 Å². The molecule has 1 aromatic heterocycles. The first-order valence-corrected chi connectivity index (χ1v) is 7.51. The molecule has 0 saturated carbocycles. The molecule has 0 fully saturated rings. The third-order valence-corrected chi connectivity index (χ3v) is 4.06. The predicted octanol–water partition coefficient (Wildman–Crippen LogP) is 2.58. The number of anilines is 1. The molecule has 3 N–H and O–H groups in total. The first kappa shape index (κ1) is 16.1. The van der Waals surface area contributed by atoms with E-state index in [1.807, 2.05) is 0 Å². The van der Waals surface area contributed by atoms with E-state index in [9.17, 15) is 14.0 Å². The fraction of sp³-hybridized carbons (Fsp3) is 0.188. The largest absolute Gasteiger partial charge is 0.466 e. The first-order chi connectivity index (χ1) is 11.4. The average molecular weight is 347 g/mol. The minimum absolute atomic E-state index is 0.151. The summed E-state index contributed by atoms with van der Waals surface area (Å²) in [7, 11) is 1.25. The number of fused-ring (bicyclic) bond motifs is 1. The second kappa shape index (κ2) is 6.04. The van der Waals surface area contributed by atoms with Crippen LogP contribution in [0.4, 0.5) is 10.2 Å². The van der Waals surface area contributed by atoms with Gasteiger partial charge in [0.15, 0.2) is 4.77 Å². The quantitative estimate of drug-likeness (QED) is 0.574. The van der Waals surface area contributed by atoms with E-state index in [1.54, 1.807) is 13.0 Å². The van der Waals surface area contributed by atoms with Crippen molar-refractivity contribution in [2.45, 2.75) is 12.8 Å². The number of nitrogens with one attached hydrogen (secondary N) is 3. The van der Waals surface area contributed by atoms with Crippen LogP contribution in [-0.4, -0.2) is 23.0 Å². The van der Waals surface area contributed by atoms with Crippen molar-refractivity contribution in [1.82, 2.24) is 9.97 Å². The van der Waals surface area contributed by atoms with Crippen molar-refractivity contribution in [3.63, 3.8) is 0 Å². The van der Waals surface area contributed by atoms with Crippen molar-refractivity contribution in [2.24, 2.45) is 0 Å². The normalized spacial score (nSPS) is 16.4. The Morgan fingerprint density at radius 1 is 1.33 bits per heavy atom. The molecular formula is C16H14FN3O3S. The minimum Gasteiger partial charge on any atom is -0.466 e. The second-order valence-electron chi connectivity index (χ2n) is 5.34. The molecule has 1 aliphatic rings. The molecule has 0 spiro atoms. The van der Waals surface area contributed by atoms with E-state index in [0.29, 0.717) is 17.1 Å². The van der Waals surface area contributed by atoms with E-state index < -0.39 is 23.3 Å². The molecule has 1 atom stereocenters.